The number of thioether (sulfide) groups is 1. The van der Waals surface area contributed by atoms with Gasteiger partial charge in [0.15, 0.2) is 11.6 Å². The number of carbonyl (C=O) groups is 1. The molecule has 1 aromatic carbocycles. The zero-order chi connectivity index (χ0) is 15.2. The lowest BCUT2D eigenvalue weighted by molar-refractivity contribution is -0.129. The predicted octanol–water partition coefficient (Wildman–Crippen LogP) is 3.99. The second-order valence-electron chi connectivity index (χ2n) is 5.50. The van der Waals surface area contributed by atoms with Crippen LogP contribution < -0.4 is 0 Å². The zero-order valence-corrected chi connectivity index (χ0v) is 13.1. The Bertz CT molecular complexity index is 489. The van der Waals surface area contributed by atoms with E-state index in [2.05, 4.69) is 0 Å². The molecule has 1 fully saturated rings. The maximum Gasteiger partial charge on any atom is 0.232 e. The van der Waals surface area contributed by atoms with Gasteiger partial charge >= 0.3 is 0 Å². The molecule has 0 N–H and O–H groups in total. The Morgan fingerprint density at radius 1 is 1.29 bits per heavy atom. The molecule has 116 valence electrons. The van der Waals surface area contributed by atoms with Crippen LogP contribution in [-0.2, 0) is 10.5 Å². The van der Waals surface area contributed by atoms with Crippen molar-refractivity contribution in [2.45, 2.75) is 43.9 Å². The molecule has 0 atom stereocenters. The van der Waals surface area contributed by atoms with Crippen LogP contribution in [0.5, 0.6) is 0 Å². The number of nitrogens with zero attached hydrogens (tertiary/aromatic N) is 1. The van der Waals surface area contributed by atoms with Crippen LogP contribution in [0, 0.1) is 11.6 Å². The first kappa shape index (κ1) is 16.3. The van der Waals surface area contributed by atoms with Gasteiger partial charge in [-0.05, 0) is 18.9 Å². The molecule has 1 aromatic rings. The molecule has 0 heterocycles. The molecule has 0 spiro atoms. The van der Waals surface area contributed by atoms with Crippen LogP contribution in [0.3, 0.4) is 0 Å². The largest absolute Gasteiger partial charge is 0.342 e. The van der Waals surface area contributed by atoms with Crippen LogP contribution in [0.4, 0.5) is 8.78 Å². The van der Waals surface area contributed by atoms with Crippen LogP contribution in [0.1, 0.15) is 37.7 Å². The molecule has 1 saturated carbocycles. The minimum atomic E-state index is -0.834. The Labute approximate surface area is 128 Å². The number of hydrogen-bond acceptors (Lipinski definition) is 2. The maximum absolute atomic E-state index is 13.5. The van der Waals surface area contributed by atoms with Gasteiger partial charge in [0, 0.05) is 24.4 Å². The second kappa shape index (κ2) is 7.78. The van der Waals surface area contributed by atoms with E-state index in [0.29, 0.717) is 23.1 Å². The summed E-state index contributed by atoms with van der Waals surface area (Å²) in [5.74, 6) is -0.947. The van der Waals surface area contributed by atoms with Gasteiger partial charge in [-0.3, -0.25) is 4.79 Å². The Morgan fingerprint density at radius 2 is 2.00 bits per heavy atom. The van der Waals surface area contributed by atoms with Gasteiger partial charge in [0.05, 0.1) is 5.75 Å². The van der Waals surface area contributed by atoms with Crippen molar-refractivity contribution in [2.75, 3.05) is 12.8 Å². The number of halogens is 2. The van der Waals surface area contributed by atoms with E-state index in [1.807, 2.05) is 11.9 Å². The molecule has 0 radical (unpaired) electrons. The molecular formula is C16H21F2NOS. The van der Waals surface area contributed by atoms with E-state index in [-0.39, 0.29) is 5.91 Å². The van der Waals surface area contributed by atoms with Crippen molar-refractivity contribution >= 4 is 17.7 Å². The van der Waals surface area contributed by atoms with E-state index >= 15 is 0 Å². The van der Waals surface area contributed by atoms with Gasteiger partial charge in [0.25, 0.3) is 0 Å². The van der Waals surface area contributed by atoms with Crippen molar-refractivity contribution in [3.05, 3.63) is 35.4 Å². The number of rotatable bonds is 5. The number of hydrogen-bond donors (Lipinski definition) is 0. The summed E-state index contributed by atoms with van der Waals surface area (Å²) in [6, 6.07) is 4.49. The van der Waals surface area contributed by atoms with Crippen LogP contribution in [0.2, 0.25) is 0 Å². The highest BCUT2D eigenvalue weighted by molar-refractivity contribution is 7.99. The van der Waals surface area contributed by atoms with Crippen molar-refractivity contribution < 1.29 is 13.6 Å². The van der Waals surface area contributed by atoms with E-state index < -0.39 is 11.6 Å². The van der Waals surface area contributed by atoms with Crippen LogP contribution in [0.25, 0.3) is 0 Å². The van der Waals surface area contributed by atoms with Gasteiger partial charge in [-0.15, -0.1) is 11.8 Å². The molecule has 21 heavy (non-hydrogen) atoms. The minimum Gasteiger partial charge on any atom is -0.342 e. The fourth-order valence-corrected chi connectivity index (χ4v) is 3.61. The summed E-state index contributed by atoms with van der Waals surface area (Å²) in [4.78, 5) is 13.9. The Hall–Kier alpha value is -1.10. The number of carbonyl (C=O) groups excluding carboxylic acids is 1. The first-order valence-corrected chi connectivity index (χ1v) is 8.51. The summed E-state index contributed by atoms with van der Waals surface area (Å²) in [6.45, 7) is 0. The van der Waals surface area contributed by atoms with E-state index in [1.54, 1.807) is 6.07 Å². The highest BCUT2D eigenvalue weighted by Gasteiger charge is 2.21. The molecule has 0 bridgehead atoms. The summed E-state index contributed by atoms with van der Waals surface area (Å²) in [5.41, 5.74) is 0.313. The topological polar surface area (TPSA) is 20.3 Å². The quantitative estimate of drug-likeness (QED) is 0.819. The fraction of sp³-hybridized carbons (Fsp3) is 0.562. The lowest BCUT2D eigenvalue weighted by Gasteiger charge is -2.31. The zero-order valence-electron chi connectivity index (χ0n) is 12.3. The Balaban J connectivity index is 1.79. The average Bonchev–Trinajstić information content (AvgIpc) is 2.51. The SMILES string of the molecule is CN(C(=O)CSCc1cccc(F)c1F)C1CCCCC1. The average molecular weight is 313 g/mol. The van der Waals surface area contributed by atoms with Crippen LogP contribution in [-0.4, -0.2) is 29.6 Å². The third-order valence-corrected chi connectivity index (χ3v) is 5.00. The van der Waals surface area contributed by atoms with Gasteiger partial charge in [0.2, 0.25) is 5.91 Å². The second-order valence-corrected chi connectivity index (χ2v) is 6.49. The van der Waals surface area contributed by atoms with Gasteiger partial charge < -0.3 is 4.90 Å². The molecule has 0 unspecified atom stereocenters. The number of benzene rings is 1. The van der Waals surface area contributed by atoms with Gasteiger partial charge in [-0.25, -0.2) is 8.78 Å². The molecular weight excluding hydrogens is 292 g/mol. The standard InChI is InChI=1S/C16H21F2NOS/c1-19(13-7-3-2-4-8-13)15(20)11-21-10-12-6-5-9-14(17)16(12)18/h5-6,9,13H,2-4,7-8,10-11H2,1H3. The highest BCUT2D eigenvalue weighted by Crippen LogP contribution is 2.23. The normalized spacial score (nSPS) is 16.0. The molecule has 0 aromatic heterocycles. The van der Waals surface area contributed by atoms with Crippen LogP contribution >= 0.6 is 11.8 Å². The van der Waals surface area contributed by atoms with Crippen molar-refractivity contribution in [2.24, 2.45) is 0 Å². The maximum atomic E-state index is 13.5. The van der Waals surface area contributed by atoms with E-state index in [0.717, 1.165) is 18.9 Å². The van der Waals surface area contributed by atoms with Crippen molar-refractivity contribution in [3.8, 4) is 0 Å². The monoisotopic (exact) mass is 313 g/mol. The third-order valence-electron chi connectivity index (χ3n) is 4.03. The summed E-state index contributed by atoms with van der Waals surface area (Å²) in [5, 5.41) is 0. The molecule has 0 saturated heterocycles. The van der Waals surface area contributed by atoms with Gasteiger partial charge in [-0.2, -0.15) is 0 Å². The Morgan fingerprint density at radius 3 is 2.71 bits per heavy atom. The van der Waals surface area contributed by atoms with E-state index in [9.17, 15) is 13.6 Å². The van der Waals surface area contributed by atoms with E-state index in [4.69, 9.17) is 0 Å². The molecule has 0 aliphatic heterocycles. The molecule has 2 nitrogen and oxygen atoms in total. The van der Waals surface area contributed by atoms with Crippen molar-refractivity contribution in [3.63, 3.8) is 0 Å². The first-order valence-electron chi connectivity index (χ1n) is 7.36. The first-order chi connectivity index (χ1) is 10.1. The molecule has 1 amide bonds. The predicted molar refractivity (Wildman–Crippen MR) is 82.2 cm³/mol. The number of amides is 1. The fourth-order valence-electron chi connectivity index (χ4n) is 2.68. The Kier molecular flexibility index (Phi) is 6.03. The van der Waals surface area contributed by atoms with Crippen molar-refractivity contribution in [1.82, 2.24) is 4.90 Å². The summed E-state index contributed by atoms with van der Waals surface area (Å²) in [7, 11) is 1.85. The molecule has 5 heteroatoms. The summed E-state index contributed by atoms with van der Waals surface area (Å²) in [6.07, 6.45) is 5.77. The van der Waals surface area contributed by atoms with Gasteiger partial charge in [-0.1, -0.05) is 31.4 Å². The third kappa shape index (κ3) is 4.43. The highest BCUT2D eigenvalue weighted by atomic mass is 32.2. The van der Waals surface area contributed by atoms with E-state index in [1.165, 1.54) is 37.1 Å². The summed E-state index contributed by atoms with van der Waals surface area (Å²) >= 11 is 1.33. The smallest absolute Gasteiger partial charge is 0.232 e. The van der Waals surface area contributed by atoms with Gasteiger partial charge in [0.1, 0.15) is 0 Å². The lowest BCUT2D eigenvalue weighted by Crippen LogP contribution is -2.39. The lowest BCUT2D eigenvalue weighted by atomic mass is 9.94. The molecule has 1 aliphatic rings. The molecule has 1 aliphatic carbocycles. The van der Waals surface area contributed by atoms with Crippen molar-refractivity contribution in [1.29, 1.82) is 0 Å². The molecule has 2 rings (SSSR count). The summed E-state index contributed by atoms with van der Waals surface area (Å²) < 4.78 is 26.6. The minimum absolute atomic E-state index is 0.0729. The van der Waals surface area contributed by atoms with Crippen LogP contribution in [0.15, 0.2) is 18.2 Å².